The molecule has 1 saturated carbocycles. The lowest BCUT2D eigenvalue weighted by atomic mass is 9.63. The first-order chi connectivity index (χ1) is 12.2. The summed E-state index contributed by atoms with van der Waals surface area (Å²) in [5.41, 5.74) is 0.424. The van der Waals surface area contributed by atoms with Crippen LogP contribution in [0.5, 0.6) is 0 Å². The fourth-order valence-electron chi connectivity index (χ4n) is 3.98. The van der Waals surface area contributed by atoms with E-state index in [1.165, 1.54) is 20.8 Å². The molecule has 0 heterocycles. The van der Waals surface area contributed by atoms with Crippen LogP contribution in [0.3, 0.4) is 0 Å². The zero-order valence-electron chi connectivity index (χ0n) is 15.8. The Morgan fingerprint density at radius 1 is 1.08 bits per heavy atom. The molecule has 142 valence electrons. The minimum absolute atomic E-state index is 0.0775. The van der Waals surface area contributed by atoms with E-state index in [1.807, 2.05) is 37.3 Å². The fourth-order valence-corrected chi connectivity index (χ4v) is 3.98. The van der Waals surface area contributed by atoms with Gasteiger partial charge in [0.15, 0.2) is 0 Å². The molecule has 0 unspecified atom stereocenters. The van der Waals surface area contributed by atoms with Gasteiger partial charge in [-0.25, -0.2) is 0 Å². The minimum Gasteiger partial charge on any atom is -0.465 e. The van der Waals surface area contributed by atoms with Gasteiger partial charge in [-0.1, -0.05) is 30.3 Å². The van der Waals surface area contributed by atoms with Crippen molar-refractivity contribution in [3.05, 3.63) is 35.9 Å². The van der Waals surface area contributed by atoms with Crippen LogP contribution in [0.1, 0.15) is 52.0 Å². The Morgan fingerprint density at radius 2 is 1.73 bits per heavy atom. The smallest absolute Gasteiger partial charge is 0.302 e. The molecule has 0 radical (unpaired) electrons. The van der Waals surface area contributed by atoms with Crippen molar-refractivity contribution in [2.75, 3.05) is 6.61 Å². The van der Waals surface area contributed by atoms with E-state index in [-0.39, 0.29) is 42.4 Å². The molecule has 26 heavy (non-hydrogen) atoms. The van der Waals surface area contributed by atoms with Gasteiger partial charge in [-0.05, 0) is 25.3 Å². The Bertz CT molecular complexity index is 659. The topological polar surface area (TPSA) is 81.7 Å². The van der Waals surface area contributed by atoms with Crippen LogP contribution in [0.4, 0.5) is 0 Å². The van der Waals surface area contributed by atoms with Crippen molar-refractivity contribution in [3.63, 3.8) is 0 Å². The number of hydrogen-bond donors (Lipinski definition) is 1. The van der Waals surface area contributed by atoms with Crippen LogP contribution >= 0.6 is 0 Å². The number of nitrogens with one attached hydrogen (secondary N) is 1. The summed E-state index contributed by atoms with van der Waals surface area (Å²) in [5, 5.41) is 3.08. The second-order valence-electron chi connectivity index (χ2n) is 7.13. The van der Waals surface area contributed by atoms with Crippen LogP contribution in [0.15, 0.2) is 30.3 Å². The molecule has 1 aromatic carbocycles. The first-order valence-electron chi connectivity index (χ1n) is 8.86. The monoisotopic (exact) mass is 361 g/mol. The standard InChI is InChI=1S/C20H27NO5/c1-13(22)21-20(4)17(12-25-14(2)23)10-18(26-15(3)24)11-19(20)16-8-6-5-7-9-16/h5-9,17-19H,10-12H2,1-4H3,(H,21,22)/t17-,18-,19+,20+/m1/s1. The van der Waals surface area contributed by atoms with Crippen molar-refractivity contribution in [3.8, 4) is 0 Å². The molecule has 1 aliphatic carbocycles. The van der Waals surface area contributed by atoms with Gasteiger partial charge < -0.3 is 14.8 Å². The maximum atomic E-state index is 11.9. The van der Waals surface area contributed by atoms with Gasteiger partial charge in [0.25, 0.3) is 0 Å². The normalized spacial score (nSPS) is 28.1. The predicted molar refractivity (Wildman–Crippen MR) is 96.3 cm³/mol. The first-order valence-corrected chi connectivity index (χ1v) is 8.86. The van der Waals surface area contributed by atoms with Crippen molar-refractivity contribution in [2.24, 2.45) is 5.92 Å². The zero-order chi connectivity index (χ0) is 19.3. The largest absolute Gasteiger partial charge is 0.465 e. The van der Waals surface area contributed by atoms with E-state index in [9.17, 15) is 14.4 Å². The molecule has 1 N–H and O–H groups in total. The molecule has 1 aliphatic rings. The van der Waals surface area contributed by atoms with Gasteiger partial charge in [-0.2, -0.15) is 0 Å². The Labute approximate surface area is 154 Å². The van der Waals surface area contributed by atoms with Crippen molar-refractivity contribution >= 4 is 17.8 Å². The molecule has 1 amide bonds. The second-order valence-corrected chi connectivity index (χ2v) is 7.13. The van der Waals surface area contributed by atoms with E-state index in [0.717, 1.165) is 5.56 Å². The lowest BCUT2D eigenvalue weighted by molar-refractivity contribution is -0.155. The number of esters is 2. The number of hydrogen-bond acceptors (Lipinski definition) is 5. The van der Waals surface area contributed by atoms with Crippen LogP contribution in [0.2, 0.25) is 0 Å². The minimum atomic E-state index is -0.626. The van der Waals surface area contributed by atoms with Crippen molar-refractivity contribution in [1.82, 2.24) is 5.32 Å². The van der Waals surface area contributed by atoms with Gasteiger partial charge in [0, 0.05) is 32.6 Å². The maximum Gasteiger partial charge on any atom is 0.302 e. The molecule has 4 atom stereocenters. The molecule has 0 saturated heterocycles. The van der Waals surface area contributed by atoms with Gasteiger partial charge in [0.05, 0.1) is 12.1 Å². The number of carbonyl (C=O) groups is 3. The van der Waals surface area contributed by atoms with Crippen LogP contribution in [-0.2, 0) is 23.9 Å². The Hall–Kier alpha value is -2.37. The number of amides is 1. The summed E-state index contributed by atoms with van der Waals surface area (Å²) in [7, 11) is 0. The number of benzene rings is 1. The second kappa shape index (κ2) is 8.34. The summed E-state index contributed by atoms with van der Waals surface area (Å²) in [6.07, 6.45) is 0.823. The molecule has 1 aromatic rings. The van der Waals surface area contributed by atoms with Crippen LogP contribution < -0.4 is 5.32 Å². The highest BCUT2D eigenvalue weighted by Gasteiger charge is 2.49. The molecule has 1 fully saturated rings. The third-order valence-electron chi connectivity index (χ3n) is 5.09. The fraction of sp³-hybridized carbons (Fsp3) is 0.550. The van der Waals surface area contributed by atoms with E-state index in [2.05, 4.69) is 5.32 Å². The summed E-state index contributed by atoms with van der Waals surface area (Å²) in [6.45, 7) is 6.36. The lowest BCUT2D eigenvalue weighted by Crippen LogP contribution is -2.60. The number of ether oxygens (including phenoxy) is 2. The van der Waals surface area contributed by atoms with Gasteiger partial charge in [-0.15, -0.1) is 0 Å². The zero-order valence-corrected chi connectivity index (χ0v) is 15.8. The molecular formula is C20H27NO5. The summed E-state index contributed by atoms with van der Waals surface area (Å²) in [6, 6.07) is 9.83. The Morgan fingerprint density at radius 3 is 2.27 bits per heavy atom. The van der Waals surface area contributed by atoms with Gasteiger partial charge in [0.1, 0.15) is 6.10 Å². The molecule has 6 heteroatoms. The van der Waals surface area contributed by atoms with E-state index in [0.29, 0.717) is 12.8 Å². The maximum absolute atomic E-state index is 11.9. The highest BCUT2D eigenvalue weighted by atomic mass is 16.5. The lowest BCUT2D eigenvalue weighted by Gasteiger charge is -2.49. The van der Waals surface area contributed by atoms with E-state index in [4.69, 9.17) is 9.47 Å². The Kier molecular flexibility index (Phi) is 6.40. The third-order valence-corrected chi connectivity index (χ3v) is 5.09. The quantitative estimate of drug-likeness (QED) is 0.815. The van der Waals surface area contributed by atoms with E-state index >= 15 is 0 Å². The van der Waals surface area contributed by atoms with Gasteiger partial charge in [-0.3, -0.25) is 14.4 Å². The molecule has 6 nitrogen and oxygen atoms in total. The molecule has 0 bridgehead atoms. The highest BCUT2D eigenvalue weighted by Crippen LogP contribution is 2.45. The van der Waals surface area contributed by atoms with Crippen LogP contribution in [0.25, 0.3) is 0 Å². The summed E-state index contributed by atoms with van der Waals surface area (Å²) in [5.74, 6) is -1.12. The number of rotatable bonds is 5. The third kappa shape index (κ3) is 4.84. The summed E-state index contributed by atoms with van der Waals surface area (Å²) >= 11 is 0. The van der Waals surface area contributed by atoms with E-state index in [1.54, 1.807) is 0 Å². The highest BCUT2D eigenvalue weighted by molar-refractivity contribution is 5.74. The summed E-state index contributed by atoms with van der Waals surface area (Å²) < 4.78 is 10.8. The Balaban J connectivity index is 2.41. The van der Waals surface area contributed by atoms with Crippen molar-refractivity contribution in [2.45, 2.75) is 58.1 Å². The summed E-state index contributed by atoms with van der Waals surface area (Å²) in [4.78, 5) is 34.8. The molecule has 0 spiro atoms. The molecular weight excluding hydrogens is 334 g/mol. The van der Waals surface area contributed by atoms with Gasteiger partial charge >= 0.3 is 11.9 Å². The first kappa shape index (κ1) is 19.9. The predicted octanol–water partition coefficient (Wildman–Crippen LogP) is 2.57. The molecule has 0 aromatic heterocycles. The molecule has 0 aliphatic heterocycles. The van der Waals surface area contributed by atoms with Crippen molar-refractivity contribution < 1.29 is 23.9 Å². The van der Waals surface area contributed by atoms with E-state index < -0.39 is 5.54 Å². The average molecular weight is 361 g/mol. The number of carbonyl (C=O) groups excluding carboxylic acids is 3. The van der Waals surface area contributed by atoms with Crippen LogP contribution in [-0.4, -0.2) is 36.1 Å². The van der Waals surface area contributed by atoms with Gasteiger partial charge in [0.2, 0.25) is 5.91 Å². The average Bonchev–Trinajstić information content (AvgIpc) is 2.54. The van der Waals surface area contributed by atoms with Crippen LogP contribution in [0, 0.1) is 5.92 Å². The SMILES string of the molecule is CC(=O)N[C@@]1(C)[C@@H](COC(C)=O)C[C@@H](OC(C)=O)C[C@H]1c1ccccc1. The molecule has 2 rings (SSSR count). The van der Waals surface area contributed by atoms with Crippen molar-refractivity contribution in [1.29, 1.82) is 0 Å².